The topological polar surface area (TPSA) is 59.7 Å². The van der Waals surface area contributed by atoms with Crippen molar-refractivity contribution in [1.29, 1.82) is 5.26 Å². The van der Waals surface area contributed by atoms with Crippen LogP contribution in [0.4, 0.5) is 0 Å². The van der Waals surface area contributed by atoms with Crippen LogP contribution >= 0.6 is 0 Å². The fourth-order valence-corrected chi connectivity index (χ4v) is 6.45. The molecule has 5 aromatic carbocycles. The van der Waals surface area contributed by atoms with Crippen LogP contribution in [0.25, 0.3) is 77.1 Å². The van der Waals surface area contributed by atoms with Gasteiger partial charge in [-0.1, -0.05) is 54.6 Å². The number of fused-ring (bicyclic) bond motifs is 9. The monoisotopic (exact) mass is 524 g/mol. The van der Waals surface area contributed by atoms with Gasteiger partial charge in [0.15, 0.2) is 5.58 Å². The van der Waals surface area contributed by atoms with Crippen LogP contribution < -0.4 is 0 Å². The Balaban J connectivity index is 1.33. The molecule has 0 aliphatic rings. The minimum absolute atomic E-state index is 0.651. The first-order chi connectivity index (χ1) is 20.3. The second kappa shape index (κ2) is 8.08. The molecule has 9 aromatic rings. The summed E-state index contributed by atoms with van der Waals surface area (Å²) in [6.45, 7) is 0. The highest BCUT2D eigenvalue weighted by Crippen LogP contribution is 2.39. The Morgan fingerprint density at radius 3 is 1.93 bits per heavy atom. The quantitative estimate of drug-likeness (QED) is 0.227. The lowest BCUT2D eigenvalue weighted by atomic mass is 10.1. The first-order valence-corrected chi connectivity index (χ1v) is 13.5. The maximum absolute atomic E-state index is 9.52. The second-order valence-corrected chi connectivity index (χ2v) is 10.4. The number of rotatable bonds is 2. The van der Waals surface area contributed by atoms with Gasteiger partial charge in [0.05, 0.1) is 39.4 Å². The van der Waals surface area contributed by atoms with Gasteiger partial charge in [0, 0.05) is 38.8 Å². The van der Waals surface area contributed by atoms with E-state index in [1.165, 1.54) is 10.8 Å². The van der Waals surface area contributed by atoms with E-state index in [1.807, 2.05) is 48.7 Å². The van der Waals surface area contributed by atoms with Crippen molar-refractivity contribution < 1.29 is 4.42 Å². The molecule has 0 N–H and O–H groups in total. The van der Waals surface area contributed by atoms with Gasteiger partial charge in [-0.2, -0.15) is 5.26 Å². The summed E-state index contributed by atoms with van der Waals surface area (Å²) in [5, 5.41) is 15.1. The van der Waals surface area contributed by atoms with Gasteiger partial charge in [-0.15, -0.1) is 0 Å². The van der Waals surface area contributed by atoms with Gasteiger partial charge < -0.3 is 13.6 Å². The number of para-hydroxylation sites is 3. The molecule has 0 aliphatic heterocycles. The van der Waals surface area contributed by atoms with Crippen molar-refractivity contribution in [2.24, 2.45) is 0 Å². The molecule has 5 heteroatoms. The molecule has 9 rings (SSSR count). The van der Waals surface area contributed by atoms with E-state index in [9.17, 15) is 5.26 Å². The van der Waals surface area contributed by atoms with E-state index < -0.39 is 0 Å². The molecular weight excluding hydrogens is 504 g/mol. The van der Waals surface area contributed by atoms with Crippen LogP contribution in [0.3, 0.4) is 0 Å². The fourth-order valence-electron chi connectivity index (χ4n) is 6.45. The number of pyridine rings is 1. The zero-order chi connectivity index (χ0) is 27.1. The summed E-state index contributed by atoms with van der Waals surface area (Å²) < 4.78 is 11.1. The first kappa shape index (κ1) is 22.0. The molecule has 4 heterocycles. The van der Waals surface area contributed by atoms with E-state index >= 15 is 0 Å². The molecule has 41 heavy (non-hydrogen) atoms. The van der Waals surface area contributed by atoms with Crippen LogP contribution in [0.1, 0.15) is 5.56 Å². The summed E-state index contributed by atoms with van der Waals surface area (Å²) in [5.41, 5.74) is 9.40. The molecule has 5 nitrogen and oxygen atoms in total. The Bertz CT molecular complexity index is 2500. The summed E-state index contributed by atoms with van der Waals surface area (Å²) in [6, 6.07) is 41.8. The Morgan fingerprint density at radius 2 is 1.22 bits per heavy atom. The largest absolute Gasteiger partial charge is 0.452 e. The molecule has 190 valence electrons. The highest BCUT2D eigenvalue weighted by molar-refractivity contribution is 6.13. The van der Waals surface area contributed by atoms with Gasteiger partial charge in [0.25, 0.3) is 0 Å². The molecule has 0 atom stereocenters. The average Bonchev–Trinajstić information content (AvgIpc) is 3.68. The normalized spacial score (nSPS) is 11.9. The number of hydrogen-bond acceptors (Lipinski definition) is 3. The molecular formula is C36H20N4O. The summed E-state index contributed by atoms with van der Waals surface area (Å²) in [4.78, 5) is 4.82. The van der Waals surface area contributed by atoms with Crippen LogP contribution in [0.15, 0.2) is 126 Å². The Morgan fingerprint density at radius 1 is 0.585 bits per heavy atom. The first-order valence-electron chi connectivity index (χ1n) is 13.5. The zero-order valence-electron chi connectivity index (χ0n) is 21.7. The van der Waals surface area contributed by atoms with E-state index in [1.54, 1.807) is 0 Å². The summed E-state index contributed by atoms with van der Waals surface area (Å²) in [7, 11) is 0. The Labute approximate surface area is 233 Å². The number of nitrogens with zero attached hydrogens (tertiary/aromatic N) is 4. The van der Waals surface area contributed by atoms with Crippen LogP contribution in [0, 0.1) is 11.3 Å². The van der Waals surface area contributed by atoms with Crippen LogP contribution in [0.5, 0.6) is 0 Å². The van der Waals surface area contributed by atoms with E-state index in [2.05, 4.69) is 88.0 Å². The van der Waals surface area contributed by atoms with Crippen molar-refractivity contribution >= 4 is 65.7 Å². The molecule has 0 fully saturated rings. The van der Waals surface area contributed by atoms with E-state index in [0.717, 1.165) is 66.3 Å². The van der Waals surface area contributed by atoms with Gasteiger partial charge in [0.2, 0.25) is 0 Å². The molecule has 0 bridgehead atoms. The van der Waals surface area contributed by atoms with E-state index in [0.29, 0.717) is 5.56 Å². The van der Waals surface area contributed by atoms with Crippen molar-refractivity contribution in [3.05, 3.63) is 127 Å². The standard InChI is InChI=1S/C36H20N4O/c37-21-22-13-15-32-27(19-22)26-9-3-4-10-29(26)39(32)23-14-16-34-28(20-23)35-36(41-34)33(17-18-38-35)40-30-11-5-1-7-24(30)25-8-2-6-12-31(25)40/h1-20H. The van der Waals surface area contributed by atoms with Crippen LogP contribution in [0.2, 0.25) is 0 Å². The van der Waals surface area contributed by atoms with Crippen LogP contribution in [-0.2, 0) is 0 Å². The van der Waals surface area contributed by atoms with Crippen molar-refractivity contribution in [2.75, 3.05) is 0 Å². The summed E-state index contributed by atoms with van der Waals surface area (Å²) >= 11 is 0. The smallest absolute Gasteiger partial charge is 0.177 e. The molecule has 0 saturated carbocycles. The third kappa shape index (κ3) is 2.96. The van der Waals surface area contributed by atoms with Crippen molar-refractivity contribution in [1.82, 2.24) is 14.1 Å². The summed E-state index contributed by atoms with van der Waals surface area (Å²) in [6.07, 6.45) is 1.87. The Hall–Kier alpha value is -5.86. The SMILES string of the molecule is N#Cc1ccc2c(c1)c1ccccc1n2-c1ccc2oc3c(-n4c5ccccc5c5ccccc54)ccnc3c2c1. The summed E-state index contributed by atoms with van der Waals surface area (Å²) in [5.74, 6) is 0. The predicted molar refractivity (Wildman–Crippen MR) is 165 cm³/mol. The molecule has 0 radical (unpaired) electrons. The third-order valence-electron chi connectivity index (χ3n) is 8.19. The third-order valence-corrected chi connectivity index (χ3v) is 8.19. The maximum Gasteiger partial charge on any atom is 0.177 e. The fraction of sp³-hybridized carbons (Fsp3) is 0. The van der Waals surface area contributed by atoms with Crippen molar-refractivity contribution in [2.45, 2.75) is 0 Å². The lowest BCUT2D eigenvalue weighted by Crippen LogP contribution is -1.95. The molecule has 0 saturated heterocycles. The van der Waals surface area contributed by atoms with Gasteiger partial charge >= 0.3 is 0 Å². The van der Waals surface area contributed by atoms with Gasteiger partial charge in [-0.3, -0.25) is 4.98 Å². The van der Waals surface area contributed by atoms with Gasteiger partial charge in [-0.05, 0) is 60.7 Å². The van der Waals surface area contributed by atoms with E-state index in [-0.39, 0.29) is 0 Å². The minimum Gasteiger partial charge on any atom is -0.452 e. The molecule has 0 aliphatic carbocycles. The molecule has 0 spiro atoms. The highest BCUT2D eigenvalue weighted by atomic mass is 16.3. The second-order valence-electron chi connectivity index (χ2n) is 10.4. The Kier molecular flexibility index (Phi) is 4.33. The van der Waals surface area contributed by atoms with Crippen molar-refractivity contribution in [3.8, 4) is 17.4 Å². The van der Waals surface area contributed by atoms with Gasteiger partial charge in [0.1, 0.15) is 11.1 Å². The van der Waals surface area contributed by atoms with Crippen LogP contribution in [-0.4, -0.2) is 14.1 Å². The number of furan rings is 1. The lowest BCUT2D eigenvalue weighted by Gasteiger charge is -2.08. The number of benzene rings is 5. The van der Waals surface area contributed by atoms with E-state index in [4.69, 9.17) is 9.40 Å². The lowest BCUT2D eigenvalue weighted by molar-refractivity contribution is 0.665. The molecule has 4 aromatic heterocycles. The van der Waals surface area contributed by atoms with Gasteiger partial charge in [-0.25, -0.2) is 0 Å². The number of aromatic nitrogens is 3. The highest BCUT2D eigenvalue weighted by Gasteiger charge is 2.19. The molecule has 0 unspecified atom stereocenters. The molecule has 0 amide bonds. The zero-order valence-corrected chi connectivity index (χ0v) is 21.7. The maximum atomic E-state index is 9.52. The number of hydrogen-bond donors (Lipinski definition) is 0. The predicted octanol–water partition coefficient (Wildman–Crippen LogP) is 9.05. The number of nitriles is 1. The average molecular weight is 525 g/mol. The minimum atomic E-state index is 0.651. The van der Waals surface area contributed by atoms with Crippen molar-refractivity contribution in [3.63, 3.8) is 0 Å².